The normalized spacial score (nSPS) is 9.94. The summed E-state index contributed by atoms with van der Waals surface area (Å²) < 4.78 is 10.6. The fourth-order valence-corrected chi connectivity index (χ4v) is 1.36. The van der Waals surface area contributed by atoms with Gasteiger partial charge >= 0.3 is 0 Å². The van der Waals surface area contributed by atoms with Crippen molar-refractivity contribution in [2.75, 3.05) is 12.8 Å². The minimum atomic E-state index is 0.459. The minimum absolute atomic E-state index is 0.459. The summed E-state index contributed by atoms with van der Waals surface area (Å²) in [6.45, 7) is 0.459. The van der Waals surface area contributed by atoms with E-state index in [4.69, 9.17) is 15.2 Å². The Morgan fingerprint density at radius 3 is 2.47 bits per heavy atom. The molecule has 2 aromatic rings. The predicted molar refractivity (Wildman–Crippen MR) is 66.0 cm³/mol. The molecule has 2 rings (SSSR count). The Kier molecular flexibility index (Phi) is 3.45. The highest BCUT2D eigenvalue weighted by Crippen LogP contribution is 2.14. The van der Waals surface area contributed by atoms with E-state index in [-0.39, 0.29) is 0 Å². The lowest BCUT2D eigenvalue weighted by Crippen LogP contribution is -1.98. The van der Waals surface area contributed by atoms with Crippen LogP contribution in [0.5, 0.6) is 11.8 Å². The van der Waals surface area contributed by atoms with Crippen molar-refractivity contribution in [3.63, 3.8) is 0 Å². The summed E-state index contributed by atoms with van der Waals surface area (Å²) in [6.07, 6.45) is 0. The number of pyridine rings is 1. The number of benzene rings is 1. The number of nitrogens with zero attached hydrogens (tertiary/aromatic N) is 1. The van der Waals surface area contributed by atoms with Crippen LogP contribution in [-0.2, 0) is 6.61 Å². The Balaban J connectivity index is 1.99. The molecular formula is C13H14N2O2. The zero-order chi connectivity index (χ0) is 12.1. The molecule has 0 bridgehead atoms. The van der Waals surface area contributed by atoms with Crippen molar-refractivity contribution in [1.82, 2.24) is 4.98 Å². The summed E-state index contributed by atoms with van der Waals surface area (Å²) in [7, 11) is 1.58. The first-order valence-corrected chi connectivity index (χ1v) is 5.26. The molecule has 1 aromatic carbocycles. The van der Waals surface area contributed by atoms with E-state index in [2.05, 4.69) is 4.98 Å². The standard InChI is InChI=1S/C13H14N2O2/c1-16-12-3-2-4-13(15-12)17-9-10-5-7-11(14)8-6-10/h2-8H,9,14H2,1H3. The Bertz CT molecular complexity index is 483. The summed E-state index contributed by atoms with van der Waals surface area (Å²) >= 11 is 0. The van der Waals surface area contributed by atoms with Gasteiger partial charge in [-0.3, -0.25) is 0 Å². The minimum Gasteiger partial charge on any atom is -0.481 e. The molecule has 0 saturated heterocycles. The molecule has 0 radical (unpaired) electrons. The van der Waals surface area contributed by atoms with Crippen LogP contribution in [-0.4, -0.2) is 12.1 Å². The van der Waals surface area contributed by atoms with Gasteiger partial charge in [0.15, 0.2) is 0 Å². The van der Waals surface area contributed by atoms with Gasteiger partial charge in [-0.1, -0.05) is 18.2 Å². The fourth-order valence-electron chi connectivity index (χ4n) is 1.36. The number of rotatable bonds is 4. The number of methoxy groups -OCH3 is 1. The lowest BCUT2D eigenvalue weighted by molar-refractivity contribution is 0.287. The van der Waals surface area contributed by atoms with E-state index >= 15 is 0 Å². The van der Waals surface area contributed by atoms with Crippen LogP contribution in [0.1, 0.15) is 5.56 Å². The predicted octanol–water partition coefficient (Wildman–Crippen LogP) is 2.25. The molecule has 0 aliphatic carbocycles. The topological polar surface area (TPSA) is 57.4 Å². The molecule has 1 heterocycles. The van der Waals surface area contributed by atoms with E-state index in [9.17, 15) is 0 Å². The second kappa shape index (κ2) is 5.21. The largest absolute Gasteiger partial charge is 0.481 e. The average Bonchev–Trinajstić information content (AvgIpc) is 2.38. The summed E-state index contributed by atoms with van der Waals surface area (Å²) in [5, 5.41) is 0. The SMILES string of the molecule is COc1cccc(OCc2ccc(N)cc2)n1. The van der Waals surface area contributed by atoms with Crippen LogP contribution >= 0.6 is 0 Å². The highest BCUT2D eigenvalue weighted by Gasteiger charge is 1.99. The third kappa shape index (κ3) is 3.11. The van der Waals surface area contributed by atoms with Gasteiger partial charge in [0.05, 0.1) is 7.11 Å². The van der Waals surface area contributed by atoms with Gasteiger partial charge in [-0.2, -0.15) is 4.98 Å². The third-order valence-corrected chi connectivity index (χ3v) is 2.27. The molecule has 2 N–H and O–H groups in total. The van der Waals surface area contributed by atoms with Crippen LogP contribution in [0.4, 0.5) is 5.69 Å². The van der Waals surface area contributed by atoms with Crippen molar-refractivity contribution in [3.8, 4) is 11.8 Å². The number of anilines is 1. The van der Waals surface area contributed by atoms with Crippen molar-refractivity contribution in [2.45, 2.75) is 6.61 Å². The molecule has 88 valence electrons. The first-order chi connectivity index (χ1) is 8.28. The average molecular weight is 230 g/mol. The molecule has 0 atom stereocenters. The lowest BCUT2D eigenvalue weighted by atomic mass is 10.2. The van der Waals surface area contributed by atoms with Crippen LogP contribution in [0.25, 0.3) is 0 Å². The van der Waals surface area contributed by atoms with Gasteiger partial charge in [-0.15, -0.1) is 0 Å². The van der Waals surface area contributed by atoms with E-state index < -0.39 is 0 Å². The smallest absolute Gasteiger partial charge is 0.216 e. The van der Waals surface area contributed by atoms with Crippen molar-refractivity contribution in [1.29, 1.82) is 0 Å². The maximum atomic E-state index is 5.60. The molecule has 0 aliphatic heterocycles. The zero-order valence-electron chi connectivity index (χ0n) is 9.59. The summed E-state index contributed by atoms with van der Waals surface area (Å²) in [6, 6.07) is 12.9. The summed E-state index contributed by atoms with van der Waals surface area (Å²) in [5.41, 5.74) is 7.39. The molecule has 0 unspecified atom stereocenters. The van der Waals surface area contributed by atoms with Crippen LogP contribution < -0.4 is 15.2 Å². The van der Waals surface area contributed by atoms with E-state index in [0.717, 1.165) is 11.3 Å². The number of nitrogen functional groups attached to an aromatic ring is 1. The van der Waals surface area contributed by atoms with Crippen molar-refractivity contribution < 1.29 is 9.47 Å². The lowest BCUT2D eigenvalue weighted by Gasteiger charge is -2.06. The van der Waals surface area contributed by atoms with Crippen LogP contribution in [0.2, 0.25) is 0 Å². The van der Waals surface area contributed by atoms with Crippen molar-refractivity contribution in [2.24, 2.45) is 0 Å². The Morgan fingerprint density at radius 2 is 1.76 bits per heavy atom. The first-order valence-electron chi connectivity index (χ1n) is 5.26. The Morgan fingerprint density at radius 1 is 1.06 bits per heavy atom. The maximum absolute atomic E-state index is 5.60. The molecule has 4 heteroatoms. The first kappa shape index (κ1) is 11.3. The molecule has 0 amide bonds. The van der Waals surface area contributed by atoms with Gasteiger partial charge < -0.3 is 15.2 Å². The highest BCUT2D eigenvalue weighted by atomic mass is 16.5. The second-order valence-electron chi connectivity index (χ2n) is 3.55. The summed E-state index contributed by atoms with van der Waals surface area (Å²) in [5.74, 6) is 1.08. The third-order valence-electron chi connectivity index (χ3n) is 2.27. The van der Waals surface area contributed by atoms with E-state index in [1.165, 1.54) is 0 Å². The number of ether oxygens (including phenoxy) is 2. The molecule has 17 heavy (non-hydrogen) atoms. The monoisotopic (exact) mass is 230 g/mol. The highest BCUT2D eigenvalue weighted by molar-refractivity contribution is 5.39. The zero-order valence-corrected chi connectivity index (χ0v) is 9.59. The van der Waals surface area contributed by atoms with Gasteiger partial charge in [-0.05, 0) is 17.7 Å². The van der Waals surface area contributed by atoms with Gasteiger partial charge in [0, 0.05) is 17.8 Å². The van der Waals surface area contributed by atoms with Gasteiger partial charge in [0.25, 0.3) is 0 Å². The van der Waals surface area contributed by atoms with Gasteiger partial charge in [0.2, 0.25) is 11.8 Å². The molecule has 0 spiro atoms. The molecular weight excluding hydrogens is 216 g/mol. The van der Waals surface area contributed by atoms with Crippen LogP contribution in [0.3, 0.4) is 0 Å². The number of hydrogen-bond acceptors (Lipinski definition) is 4. The number of nitrogens with two attached hydrogens (primary N) is 1. The molecule has 4 nitrogen and oxygen atoms in total. The second-order valence-corrected chi connectivity index (χ2v) is 3.55. The number of aromatic nitrogens is 1. The Labute approximate surface area is 100 Å². The van der Waals surface area contributed by atoms with Crippen LogP contribution in [0.15, 0.2) is 42.5 Å². The van der Waals surface area contributed by atoms with E-state index in [1.54, 1.807) is 19.2 Å². The maximum Gasteiger partial charge on any atom is 0.216 e. The van der Waals surface area contributed by atoms with Crippen molar-refractivity contribution >= 4 is 5.69 Å². The number of hydrogen-bond donors (Lipinski definition) is 1. The quantitative estimate of drug-likeness (QED) is 0.818. The molecule has 1 aromatic heterocycles. The van der Waals surface area contributed by atoms with Gasteiger partial charge in [0.1, 0.15) is 6.61 Å². The van der Waals surface area contributed by atoms with E-state index in [1.807, 2.05) is 30.3 Å². The van der Waals surface area contributed by atoms with Crippen molar-refractivity contribution in [3.05, 3.63) is 48.0 Å². The summed E-state index contributed by atoms with van der Waals surface area (Å²) in [4.78, 5) is 4.15. The fraction of sp³-hybridized carbons (Fsp3) is 0.154. The molecule has 0 aliphatic rings. The van der Waals surface area contributed by atoms with Crippen LogP contribution in [0, 0.1) is 0 Å². The Hall–Kier alpha value is -2.23. The van der Waals surface area contributed by atoms with Gasteiger partial charge in [-0.25, -0.2) is 0 Å². The van der Waals surface area contributed by atoms with E-state index in [0.29, 0.717) is 18.4 Å². The molecule has 0 fully saturated rings. The molecule has 0 saturated carbocycles.